The summed E-state index contributed by atoms with van der Waals surface area (Å²) in [7, 11) is 0. The summed E-state index contributed by atoms with van der Waals surface area (Å²) in [6, 6.07) is 5.99. The first-order valence-corrected chi connectivity index (χ1v) is 8.33. The van der Waals surface area contributed by atoms with E-state index in [9.17, 15) is 4.79 Å². The fourth-order valence-electron chi connectivity index (χ4n) is 3.57. The first-order chi connectivity index (χ1) is 10.1. The maximum atomic E-state index is 12.7. The highest BCUT2D eigenvalue weighted by molar-refractivity contribution is 6.42. The van der Waals surface area contributed by atoms with Crippen LogP contribution in [-0.2, 0) is 4.79 Å². The Bertz CT molecular complexity index is 549. The van der Waals surface area contributed by atoms with Crippen LogP contribution in [-0.4, -0.2) is 23.4 Å². The van der Waals surface area contributed by atoms with Gasteiger partial charge in [-0.05, 0) is 49.8 Å². The zero-order chi connectivity index (χ0) is 15.0. The second kappa shape index (κ2) is 6.15. The molecule has 3 rings (SSSR count). The van der Waals surface area contributed by atoms with Crippen molar-refractivity contribution in [2.45, 2.75) is 44.2 Å². The van der Waals surface area contributed by atoms with Gasteiger partial charge in [0.15, 0.2) is 0 Å². The molecule has 3 nitrogen and oxygen atoms in total. The summed E-state index contributed by atoms with van der Waals surface area (Å²) >= 11 is 12.1. The molecule has 114 valence electrons. The van der Waals surface area contributed by atoms with E-state index in [1.54, 1.807) is 0 Å². The van der Waals surface area contributed by atoms with Crippen LogP contribution >= 0.6 is 23.2 Å². The van der Waals surface area contributed by atoms with Crippen LogP contribution in [0.5, 0.6) is 0 Å². The third-order valence-electron chi connectivity index (χ3n) is 4.69. The largest absolute Gasteiger partial charge is 0.335 e. The van der Waals surface area contributed by atoms with E-state index in [1.165, 1.54) is 0 Å². The predicted octanol–water partition coefficient (Wildman–Crippen LogP) is 3.78. The molecule has 1 saturated carbocycles. The van der Waals surface area contributed by atoms with Crippen molar-refractivity contribution >= 4 is 29.1 Å². The minimum atomic E-state index is 0.100. The van der Waals surface area contributed by atoms with Crippen LogP contribution in [0, 0.1) is 5.92 Å². The van der Waals surface area contributed by atoms with Gasteiger partial charge in [-0.25, -0.2) is 0 Å². The van der Waals surface area contributed by atoms with Gasteiger partial charge < -0.3 is 10.6 Å². The van der Waals surface area contributed by atoms with Gasteiger partial charge in [-0.2, -0.15) is 0 Å². The standard InChI is InChI=1S/C16H20Cl2N2O/c17-13-6-4-10(9-14(13)18)15-2-1-7-20(15)16(21)11-3-5-12(19)8-11/h4,6,9,11-12,15H,1-3,5,7-8,19H2. The Balaban J connectivity index is 1.78. The van der Waals surface area contributed by atoms with Gasteiger partial charge in [-0.3, -0.25) is 4.79 Å². The second-order valence-corrected chi connectivity index (χ2v) is 6.95. The number of nitrogens with zero attached hydrogens (tertiary/aromatic N) is 1. The Hall–Kier alpha value is -0.770. The number of hydrogen-bond donors (Lipinski definition) is 1. The normalized spacial score (nSPS) is 29.1. The summed E-state index contributed by atoms with van der Waals surface area (Å²) in [6.45, 7) is 0.829. The third kappa shape index (κ3) is 3.05. The topological polar surface area (TPSA) is 46.3 Å². The molecule has 1 saturated heterocycles. The first kappa shape index (κ1) is 15.1. The fourth-order valence-corrected chi connectivity index (χ4v) is 3.88. The molecule has 3 atom stereocenters. The van der Waals surface area contributed by atoms with Crippen LogP contribution in [0.25, 0.3) is 0 Å². The molecule has 0 bridgehead atoms. The fraction of sp³-hybridized carbons (Fsp3) is 0.562. The highest BCUT2D eigenvalue weighted by Gasteiger charge is 2.36. The van der Waals surface area contributed by atoms with Crippen molar-refractivity contribution in [3.63, 3.8) is 0 Å². The molecule has 0 aromatic heterocycles. The van der Waals surface area contributed by atoms with E-state index in [4.69, 9.17) is 28.9 Å². The highest BCUT2D eigenvalue weighted by atomic mass is 35.5. The Labute approximate surface area is 135 Å². The first-order valence-electron chi connectivity index (χ1n) is 7.57. The summed E-state index contributed by atoms with van der Waals surface area (Å²) in [5.41, 5.74) is 7.02. The molecule has 2 aliphatic rings. The summed E-state index contributed by atoms with van der Waals surface area (Å²) in [6.07, 6.45) is 4.73. The number of carbonyl (C=O) groups is 1. The van der Waals surface area contributed by atoms with E-state index in [2.05, 4.69) is 0 Å². The molecular weight excluding hydrogens is 307 g/mol. The van der Waals surface area contributed by atoms with Crippen LogP contribution in [0.15, 0.2) is 18.2 Å². The van der Waals surface area contributed by atoms with Crippen molar-refractivity contribution in [1.29, 1.82) is 0 Å². The molecule has 2 N–H and O–H groups in total. The lowest BCUT2D eigenvalue weighted by molar-refractivity contribution is -0.136. The van der Waals surface area contributed by atoms with Gasteiger partial charge in [0.05, 0.1) is 16.1 Å². The van der Waals surface area contributed by atoms with Crippen LogP contribution in [0.4, 0.5) is 0 Å². The van der Waals surface area contributed by atoms with Crippen molar-refractivity contribution in [2.24, 2.45) is 11.7 Å². The monoisotopic (exact) mass is 326 g/mol. The smallest absolute Gasteiger partial charge is 0.226 e. The van der Waals surface area contributed by atoms with Gasteiger partial charge in [0, 0.05) is 18.5 Å². The molecule has 1 amide bonds. The number of rotatable bonds is 2. The molecule has 1 aromatic rings. The molecule has 1 heterocycles. The van der Waals surface area contributed by atoms with Gasteiger partial charge in [0.1, 0.15) is 0 Å². The second-order valence-electron chi connectivity index (χ2n) is 6.13. The van der Waals surface area contributed by atoms with Crippen LogP contribution in [0.3, 0.4) is 0 Å². The highest BCUT2D eigenvalue weighted by Crippen LogP contribution is 2.37. The molecular formula is C16H20Cl2N2O. The Morgan fingerprint density at radius 3 is 2.67 bits per heavy atom. The molecule has 1 aromatic carbocycles. The average molecular weight is 327 g/mol. The molecule has 3 unspecified atom stereocenters. The Morgan fingerprint density at radius 2 is 2.00 bits per heavy atom. The van der Waals surface area contributed by atoms with E-state index in [-0.39, 0.29) is 23.9 Å². The Kier molecular flexibility index (Phi) is 4.43. The minimum Gasteiger partial charge on any atom is -0.335 e. The van der Waals surface area contributed by atoms with Crippen molar-refractivity contribution in [1.82, 2.24) is 4.90 Å². The number of likely N-dealkylation sites (tertiary alicyclic amines) is 1. The molecule has 2 fully saturated rings. The zero-order valence-electron chi connectivity index (χ0n) is 11.9. The third-order valence-corrected chi connectivity index (χ3v) is 5.43. The van der Waals surface area contributed by atoms with E-state index in [0.717, 1.165) is 44.2 Å². The van der Waals surface area contributed by atoms with Crippen LogP contribution in [0.2, 0.25) is 10.0 Å². The number of nitrogens with two attached hydrogens (primary N) is 1. The number of benzene rings is 1. The van der Waals surface area contributed by atoms with E-state index in [1.807, 2.05) is 23.1 Å². The van der Waals surface area contributed by atoms with Crippen molar-refractivity contribution in [3.05, 3.63) is 33.8 Å². The molecule has 5 heteroatoms. The predicted molar refractivity (Wildman–Crippen MR) is 85.5 cm³/mol. The lowest BCUT2D eigenvalue weighted by atomic mass is 10.0. The van der Waals surface area contributed by atoms with Crippen molar-refractivity contribution in [3.8, 4) is 0 Å². The van der Waals surface area contributed by atoms with Gasteiger partial charge in [-0.1, -0.05) is 29.3 Å². The van der Waals surface area contributed by atoms with Crippen LogP contribution in [0.1, 0.15) is 43.7 Å². The molecule has 1 aliphatic carbocycles. The number of carbonyl (C=O) groups excluding carboxylic acids is 1. The SMILES string of the molecule is NC1CCC(C(=O)N2CCCC2c2ccc(Cl)c(Cl)c2)C1. The van der Waals surface area contributed by atoms with Crippen molar-refractivity contribution < 1.29 is 4.79 Å². The summed E-state index contributed by atoms with van der Waals surface area (Å²) in [4.78, 5) is 14.8. The van der Waals surface area contributed by atoms with E-state index >= 15 is 0 Å². The Morgan fingerprint density at radius 1 is 1.19 bits per heavy atom. The minimum absolute atomic E-state index is 0.100. The molecule has 21 heavy (non-hydrogen) atoms. The maximum Gasteiger partial charge on any atom is 0.226 e. The molecule has 1 aliphatic heterocycles. The van der Waals surface area contributed by atoms with E-state index < -0.39 is 0 Å². The number of halogens is 2. The van der Waals surface area contributed by atoms with Gasteiger partial charge in [-0.15, -0.1) is 0 Å². The van der Waals surface area contributed by atoms with Gasteiger partial charge in [0.2, 0.25) is 5.91 Å². The quantitative estimate of drug-likeness (QED) is 0.898. The summed E-state index contributed by atoms with van der Waals surface area (Å²) < 4.78 is 0. The summed E-state index contributed by atoms with van der Waals surface area (Å²) in [5.74, 6) is 0.361. The summed E-state index contributed by atoms with van der Waals surface area (Å²) in [5, 5.41) is 1.11. The van der Waals surface area contributed by atoms with Gasteiger partial charge in [0.25, 0.3) is 0 Å². The lowest BCUT2D eigenvalue weighted by Gasteiger charge is -2.28. The molecule has 0 spiro atoms. The number of amides is 1. The maximum absolute atomic E-state index is 12.7. The van der Waals surface area contributed by atoms with Gasteiger partial charge >= 0.3 is 0 Å². The van der Waals surface area contributed by atoms with E-state index in [0.29, 0.717) is 10.0 Å². The number of hydrogen-bond acceptors (Lipinski definition) is 2. The molecule has 0 radical (unpaired) electrons. The van der Waals surface area contributed by atoms with Crippen molar-refractivity contribution in [2.75, 3.05) is 6.54 Å². The lowest BCUT2D eigenvalue weighted by Crippen LogP contribution is -2.35. The zero-order valence-corrected chi connectivity index (χ0v) is 13.4. The average Bonchev–Trinajstić information content (AvgIpc) is 3.10. The van der Waals surface area contributed by atoms with Crippen LogP contribution < -0.4 is 5.73 Å².